The third kappa shape index (κ3) is 22.8. The fourth-order valence-corrected chi connectivity index (χ4v) is 11.1. The molecule has 0 aliphatic heterocycles. The first-order valence-electron chi connectivity index (χ1n) is 17.9. The summed E-state index contributed by atoms with van der Waals surface area (Å²) in [6, 6.07) is 0. The fraction of sp³-hybridized carbons (Fsp3) is 1.00. The molecular formula is C27H71N3O22P6. The molecule has 0 saturated carbocycles. The summed E-state index contributed by atoms with van der Waals surface area (Å²) in [7, 11) is -27.0. The summed E-state index contributed by atoms with van der Waals surface area (Å²) >= 11 is 0. The van der Waals surface area contributed by atoms with Crippen LogP contribution in [0.3, 0.4) is 0 Å². The summed E-state index contributed by atoms with van der Waals surface area (Å²) in [5.41, 5.74) is 0. The molecule has 0 fully saturated rings. The highest BCUT2D eigenvalue weighted by atomic mass is 31.3. The first-order valence-corrected chi connectivity index (χ1v) is 27.6. The molecule has 58 heavy (non-hydrogen) atoms. The molecule has 0 aliphatic rings. The maximum Gasteiger partial charge on any atom is 0.369 e. The van der Waals surface area contributed by atoms with Gasteiger partial charge in [0.05, 0.1) is 0 Å². The predicted octanol–water partition coefficient (Wildman–Crippen LogP) is 0.675. The molecule has 0 amide bonds. The van der Waals surface area contributed by atoms with Crippen LogP contribution in [0.15, 0.2) is 0 Å². The van der Waals surface area contributed by atoms with Gasteiger partial charge >= 0.3 is 45.6 Å². The summed E-state index contributed by atoms with van der Waals surface area (Å²) in [4.78, 5) is 112. The smallest absolute Gasteiger partial charge is 0.369 e. The molecule has 0 saturated heterocycles. The molecule has 25 nitrogen and oxygen atoms in total. The van der Waals surface area contributed by atoms with Crippen LogP contribution in [0.2, 0.25) is 0 Å². The van der Waals surface area contributed by atoms with Crippen molar-refractivity contribution in [1.82, 2.24) is 14.7 Å². The molecule has 0 unspecified atom stereocenters. The van der Waals surface area contributed by atoms with Crippen molar-refractivity contribution in [2.45, 2.75) is 113 Å². The Morgan fingerprint density at radius 3 is 0.621 bits per heavy atom. The van der Waals surface area contributed by atoms with Crippen molar-refractivity contribution >= 4 is 45.6 Å². The first-order chi connectivity index (χ1) is 25.4. The second-order valence-corrected chi connectivity index (χ2v) is 25.9. The van der Waals surface area contributed by atoms with Gasteiger partial charge in [-0.15, -0.1) is 0 Å². The second kappa shape index (κ2) is 27.7. The summed E-state index contributed by atoms with van der Waals surface area (Å²) in [5.74, 6) is 0. The van der Waals surface area contributed by atoms with Crippen molar-refractivity contribution < 1.29 is 107 Å². The van der Waals surface area contributed by atoms with Crippen LogP contribution in [0.4, 0.5) is 0 Å². The van der Waals surface area contributed by atoms with Crippen molar-refractivity contribution in [3.05, 3.63) is 0 Å². The Morgan fingerprint density at radius 2 is 0.500 bits per heavy atom. The highest BCUT2D eigenvalue weighted by molar-refractivity contribution is 7.73. The highest BCUT2D eigenvalue weighted by Crippen LogP contribution is 2.70. The van der Waals surface area contributed by atoms with E-state index < -0.39 is 80.1 Å². The van der Waals surface area contributed by atoms with Crippen molar-refractivity contribution in [1.29, 1.82) is 0 Å². The van der Waals surface area contributed by atoms with E-state index >= 15 is 0 Å². The Bertz CT molecular complexity index is 1190. The minimum Gasteiger partial charge on any atom is -0.412 e. The van der Waals surface area contributed by atoms with Crippen LogP contribution >= 0.6 is 45.6 Å². The maximum absolute atomic E-state index is 11.1. The Hall–Kier alpha value is 0.620. The maximum atomic E-state index is 11.1. The van der Waals surface area contributed by atoms with Crippen LogP contribution < -0.4 is 0 Å². The molecule has 0 aromatic carbocycles. The van der Waals surface area contributed by atoms with Crippen molar-refractivity contribution in [3.8, 4) is 0 Å². The van der Waals surface area contributed by atoms with Crippen LogP contribution in [0.5, 0.6) is 0 Å². The third-order valence-corrected chi connectivity index (χ3v) is 20.3. The summed E-state index contributed by atoms with van der Waals surface area (Å²) in [5, 5.41) is 19.0. The van der Waals surface area contributed by atoms with Gasteiger partial charge in [-0.05, 0) is 60.0 Å². The number of hydrogen-bond donors (Lipinski definition) is 15. The van der Waals surface area contributed by atoms with Crippen LogP contribution in [0.25, 0.3) is 0 Å². The lowest BCUT2D eigenvalue weighted by Crippen LogP contribution is -2.34. The quantitative estimate of drug-likeness (QED) is 0.0397. The summed E-state index contributed by atoms with van der Waals surface area (Å²) in [6.07, 6.45) is 6.57. The Kier molecular flexibility index (Phi) is 31.2. The van der Waals surface area contributed by atoms with E-state index in [1.165, 1.54) is 0 Å². The second-order valence-electron chi connectivity index (χ2n) is 13.9. The predicted molar refractivity (Wildman–Crippen MR) is 216 cm³/mol. The van der Waals surface area contributed by atoms with Gasteiger partial charge in [-0.25, -0.2) is 0 Å². The molecule has 17 N–H and O–H groups in total. The summed E-state index contributed by atoms with van der Waals surface area (Å²) in [6.45, 7) is 7.93. The number of hydrogen-bond acceptors (Lipinski definition) is 12. The van der Waals surface area contributed by atoms with Crippen molar-refractivity contribution in [3.63, 3.8) is 0 Å². The Balaban J connectivity index is -0.000000374. The van der Waals surface area contributed by atoms with Crippen LogP contribution in [0.1, 0.15) is 97.8 Å². The average Bonchev–Trinajstić information content (AvgIpc) is 3.02. The zero-order chi connectivity index (χ0) is 46.0. The van der Waals surface area contributed by atoms with E-state index in [2.05, 4.69) is 0 Å². The zero-order valence-corrected chi connectivity index (χ0v) is 39.3. The van der Waals surface area contributed by atoms with Gasteiger partial charge < -0.3 is 94.2 Å². The molecule has 0 spiro atoms. The molecule has 0 bridgehead atoms. The van der Waals surface area contributed by atoms with Crippen LogP contribution in [-0.4, -0.2) is 170 Å². The van der Waals surface area contributed by atoms with E-state index in [0.29, 0.717) is 19.6 Å². The molecule has 0 radical (unpaired) electrons. The number of aliphatic hydroxyl groups is 3. The van der Waals surface area contributed by atoms with Crippen LogP contribution in [-0.2, 0) is 27.4 Å². The Labute approximate surface area is 340 Å². The third-order valence-electron chi connectivity index (χ3n) is 8.72. The number of nitrogens with zero attached hydrogens (tertiary/aromatic N) is 3. The molecule has 0 aromatic rings. The van der Waals surface area contributed by atoms with Gasteiger partial charge in [-0.2, -0.15) is 0 Å². The lowest BCUT2D eigenvalue weighted by atomic mass is 10.2. The topological polar surface area (TPSA) is 447 Å². The molecule has 0 aliphatic carbocycles. The van der Waals surface area contributed by atoms with Gasteiger partial charge in [0.25, 0.3) is 15.2 Å². The van der Waals surface area contributed by atoms with E-state index in [-0.39, 0.29) is 25.1 Å². The van der Waals surface area contributed by atoms with Gasteiger partial charge in [0, 0.05) is 38.9 Å². The minimum absolute atomic E-state index is 0. The van der Waals surface area contributed by atoms with E-state index in [0.717, 1.165) is 57.8 Å². The molecular weight excluding hydrogens is 904 g/mol. The summed E-state index contributed by atoms with van der Waals surface area (Å²) < 4.78 is 66.6. The van der Waals surface area contributed by atoms with Crippen LogP contribution in [0, 0.1) is 0 Å². The van der Waals surface area contributed by atoms with Crippen molar-refractivity contribution in [2.24, 2.45) is 0 Å². The molecule has 0 atom stereocenters. The SMILES string of the molecule is CCCCCN(C)CCC(O)(P(=O)(O)O)P(=O)(O)O.CCCCCN(C)CCC(O)(P(=O)(O)O)P(=O)(O)O.CCCCCN(C)CCC(O)(P(=O)(O)O)P(=O)(O)O.O. The number of unbranched alkanes of at least 4 members (excludes halogenated alkanes) is 6. The zero-order valence-electron chi connectivity index (χ0n) is 33.9. The molecule has 0 aromatic heterocycles. The first kappa shape index (κ1) is 65.2. The molecule has 0 heterocycles. The van der Waals surface area contributed by atoms with E-state index in [4.69, 9.17) is 58.7 Å². The Morgan fingerprint density at radius 1 is 0.345 bits per heavy atom. The average molecular weight is 976 g/mol. The van der Waals surface area contributed by atoms with E-state index in [9.17, 15) is 42.7 Å². The van der Waals surface area contributed by atoms with Crippen molar-refractivity contribution in [2.75, 3.05) is 60.4 Å². The van der Waals surface area contributed by atoms with E-state index in [1.807, 2.05) is 20.8 Å². The largest absolute Gasteiger partial charge is 0.412 e. The van der Waals surface area contributed by atoms with Gasteiger partial charge in [-0.1, -0.05) is 59.3 Å². The standard InChI is InChI=1S/3C9H23NO7P2.H2O/c3*1-3-4-5-7-10(2)8-6-9(11,18(12,13)14)19(15,16)17;/h3*11H,3-8H2,1-2H3,(H2,12,13,14)(H2,15,16,17);1H2. The lowest BCUT2D eigenvalue weighted by molar-refractivity contribution is 0.111. The molecule has 0 rings (SSSR count). The van der Waals surface area contributed by atoms with Gasteiger partial charge in [-0.3, -0.25) is 27.4 Å². The minimum atomic E-state index is -5.33. The van der Waals surface area contributed by atoms with Gasteiger partial charge in [0.15, 0.2) is 0 Å². The fourth-order valence-electron chi connectivity index (χ4n) is 4.64. The normalized spacial score (nSPS) is 13.9. The molecule has 31 heteroatoms. The van der Waals surface area contributed by atoms with Gasteiger partial charge in [0.1, 0.15) is 0 Å². The number of rotatable bonds is 27. The van der Waals surface area contributed by atoms with E-state index in [1.54, 1.807) is 35.8 Å². The highest BCUT2D eigenvalue weighted by Gasteiger charge is 2.60. The lowest BCUT2D eigenvalue weighted by Gasteiger charge is -2.30. The van der Waals surface area contributed by atoms with Gasteiger partial charge in [0.2, 0.25) is 0 Å². The molecule has 356 valence electrons. The monoisotopic (exact) mass is 975 g/mol.